The summed E-state index contributed by atoms with van der Waals surface area (Å²) in [6.45, 7) is 4.32. The number of aromatic nitrogens is 1. The Morgan fingerprint density at radius 2 is 1.81 bits per heavy atom. The molecule has 1 aromatic carbocycles. The Hall–Kier alpha value is -2.80. The third-order valence-electron chi connectivity index (χ3n) is 7.45. The first-order valence-corrected chi connectivity index (χ1v) is 13.1. The maximum absolute atomic E-state index is 14.8. The normalized spacial score (nSPS) is 22.1. The molecule has 37 heavy (non-hydrogen) atoms. The number of benzene rings is 1. The molecule has 1 unspecified atom stereocenters. The lowest BCUT2D eigenvalue weighted by atomic mass is 9.81. The molecular weight excluding hydrogens is 476 g/mol. The number of anilines is 2. The average Bonchev–Trinajstić information content (AvgIpc) is 2.91. The molecule has 3 N–H and O–H groups in total. The van der Waals surface area contributed by atoms with Gasteiger partial charge in [-0.15, -0.1) is 0 Å². The Bertz CT molecular complexity index is 1080. The third kappa shape index (κ3) is 7.16. The highest BCUT2D eigenvalue weighted by atomic mass is 19.1. The number of nitrogens with zero attached hydrogens (tertiary/aromatic N) is 2. The second-order valence-electron chi connectivity index (χ2n) is 10.3. The quantitative estimate of drug-likeness (QED) is 0.407. The number of rotatable bonds is 10. The van der Waals surface area contributed by atoms with Gasteiger partial charge in [0.2, 0.25) is 0 Å². The molecule has 1 atom stereocenters. The molecule has 1 aliphatic carbocycles. The van der Waals surface area contributed by atoms with E-state index in [-0.39, 0.29) is 17.2 Å². The van der Waals surface area contributed by atoms with E-state index >= 15 is 0 Å². The van der Waals surface area contributed by atoms with Crippen molar-refractivity contribution in [3.8, 4) is 17.2 Å². The van der Waals surface area contributed by atoms with E-state index in [1.165, 1.54) is 6.07 Å². The predicted molar refractivity (Wildman–Crippen MR) is 140 cm³/mol. The summed E-state index contributed by atoms with van der Waals surface area (Å²) in [7, 11) is 1.71. The smallest absolute Gasteiger partial charge is 0.149 e. The van der Waals surface area contributed by atoms with Crippen LogP contribution in [-0.4, -0.2) is 56.6 Å². The van der Waals surface area contributed by atoms with E-state index in [2.05, 4.69) is 33.9 Å². The minimum absolute atomic E-state index is 0.156. The number of ether oxygens (including phenoxy) is 2. The highest BCUT2D eigenvalue weighted by molar-refractivity contribution is 5.71. The standard InChI is InChI=1S/C28H37F2N5O2/c1-19(16-36-2)34-20-3-5-21(6-4-20)35-27-14-24(26(30)15-32-27)23-13-22(7-8-25(23)29)33-18-28(17-31)9-11-37-12-10-28/h7-8,13-15,19-21,33-34H,3-6,9-12,16,18H2,1-2H3,(H,32,35). The van der Waals surface area contributed by atoms with Crippen LogP contribution >= 0.6 is 0 Å². The molecule has 200 valence electrons. The second-order valence-corrected chi connectivity index (χ2v) is 10.3. The van der Waals surface area contributed by atoms with Gasteiger partial charge in [-0.2, -0.15) is 5.26 Å². The Balaban J connectivity index is 1.41. The summed E-state index contributed by atoms with van der Waals surface area (Å²) in [5, 5.41) is 20.0. The van der Waals surface area contributed by atoms with Crippen LogP contribution < -0.4 is 16.0 Å². The first-order chi connectivity index (χ1) is 17.9. The highest BCUT2D eigenvalue weighted by Gasteiger charge is 2.32. The number of hydrogen-bond acceptors (Lipinski definition) is 7. The van der Waals surface area contributed by atoms with Crippen LogP contribution in [0.15, 0.2) is 30.5 Å². The first-order valence-electron chi connectivity index (χ1n) is 13.1. The Labute approximate surface area is 218 Å². The molecule has 0 radical (unpaired) electrons. The van der Waals surface area contributed by atoms with Crippen molar-refractivity contribution in [3.05, 3.63) is 42.1 Å². The summed E-state index contributed by atoms with van der Waals surface area (Å²) in [6, 6.07) is 9.51. The molecule has 2 fully saturated rings. The molecule has 4 rings (SSSR count). The van der Waals surface area contributed by atoms with Crippen molar-refractivity contribution in [1.82, 2.24) is 10.3 Å². The van der Waals surface area contributed by atoms with Gasteiger partial charge in [-0.25, -0.2) is 13.8 Å². The van der Waals surface area contributed by atoms with Crippen LogP contribution in [0.5, 0.6) is 0 Å². The molecule has 0 spiro atoms. The van der Waals surface area contributed by atoms with Crippen LogP contribution in [0, 0.1) is 28.4 Å². The summed E-state index contributed by atoms with van der Waals surface area (Å²) >= 11 is 0. The van der Waals surface area contributed by atoms with Crippen molar-refractivity contribution in [2.75, 3.05) is 44.1 Å². The summed E-state index contributed by atoms with van der Waals surface area (Å²) in [5.74, 6) is -0.567. The Kier molecular flexibility index (Phi) is 9.30. The lowest BCUT2D eigenvalue weighted by molar-refractivity contribution is 0.0456. The number of nitriles is 1. The maximum atomic E-state index is 14.8. The number of hydrogen-bond donors (Lipinski definition) is 3. The van der Waals surface area contributed by atoms with Gasteiger partial charge in [0.1, 0.15) is 17.5 Å². The van der Waals surface area contributed by atoms with Gasteiger partial charge in [0.25, 0.3) is 0 Å². The lowest BCUT2D eigenvalue weighted by Gasteiger charge is -2.32. The van der Waals surface area contributed by atoms with Crippen LogP contribution in [0.2, 0.25) is 0 Å². The van der Waals surface area contributed by atoms with Crippen LogP contribution in [0.1, 0.15) is 45.4 Å². The minimum atomic E-state index is -0.584. The van der Waals surface area contributed by atoms with Crippen LogP contribution in [0.3, 0.4) is 0 Å². The van der Waals surface area contributed by atoms with Crippen molar-refractivity contribution in [1.29, 1.82) is 5.26 Å². The molecule has 1 saturated heterocycles. The SMILES string of the molecule is COCC(C)NC1CCC(Nc2cc(-c3cc(NCC4(C#N)CCOCC4)ccc3F)c(F)cn2)CC1. The molecule has 0 bridgehead atoms. The summed E-state index contributed by atoms with van der Waals surface area (Å²) in [4.78, 5) is 4.22. The van der Waals surface area contributed by atoms with Gasteiger partial charge in [-0.05, 0) is 69.7 Å². The van der Waals surface area contributed by atoms with Crippen molar-refractivity contribution >= 4 is 11.5 Å². The van der Waals surface area contributed by atoms with Crippen molar-refractivity contribution < 1.29 is 18.3 Å². The highest BCUT2D eigenvalue weighted by Crippen LogP contribution is 2.33. The third-order valence-corrected chi connectivity index (χ3v) is 7.45. The summed E-state index contributed by atoms with van der Waals surface area (Å²) in [6.07, 6.45) is 6.41. The van der Waals surface area contributed by atoms with Crippen LogP contribution in [0.4, 0.5) is 20.3 Å². The topological polar surface area (TPSA) is 91.2 Å². The predicted octanol–water partition coefficient (Wildman–Crippen LogP) is 5.11. The molecule has 9 heteroatoms. The number of pyridine rings is 1. The summed E-state index contributed by atoms with van der Waals surface area (Å²) < 4.78 is 40.3. The zero-order valence-electron chi connectivity index (χ0n) is 21.7. The van der Waals surface area contributed by atoms with Gasteiger partial charge < -0.3 is 25.4 Å². The van der Waals surface area contributed by atoms with Gasteiger partial charge >= 0.3 is 0 Å². The van der Waals surface area contributed by atoms with Gasteiger partial charge in [0.15, 0.2) is 0 Å². The Morgan fingerprint density at radius 3 is 2.51 bits per heavy atom. The molecule has 1 saturated carbocycles. The van der Waals surface area contributed by atoms with Crippen molar-refractivity contribution in [2.45, 2.75) is 63.6 Å². The maximum Gasteiger partial charge on any atom is 0.149 e. The second kappa shape index (κ2) is 12.6. The zero-order chi connectivity index (χ0) is 26.3. The van der Waals surface area contributed by atoms with E-state index in [1.54, 1.807) is 25.3 Å². The van der Waals surface area contributed by atoms with E-state index in [0.717, 1.165) is 31.9 Å². The molecular formula is C28H37F2N5O2. The fourth-order valence-corrected chi connectivity index (χ4v) is 5.24. The summed E-state index contributed by atoms with van der Waals surface area (Å²) in [5.41, 5.74) is 0.425. The molecule has 1 aromatic heterocycles. The molecule has 0 amide bonds. The lowest BCUT2D eigenvalue weighted by Crippen LogP contribution is -2.42. The Morgan fingerprint density at radius 1 is 1.11 bits per heavy atom. The number of methoxy groups -OCH3 is 1. The van der Waals surface area contributed by atoms with E-state index in [4.69, 9.17) is 9.47 Å². The molecule has 7 nitrogen and oxygen atoms in total. The van der Waals surface area contributed by atoms with Gasteiger partial charge in [0, 0.05) is 61.8 Å². The van der Waals surface area contributed by atoms with Gasteiger partial charge in [0.05, 0.1) is 24.3 Å². The van der Waals surface area contributed by atoms with E-state index in [9.17, 15) is 14.0 Å². The van der Waals surface area contributed by atoms with Crippen molar-refractivity contribution in [2.24, 2.45) is 5.41 Å². The van der Waals surface area contributed by atoms with Gasteiger partial charge in [-0.3, -0.25) is 0 Å². The largest absolute Gasteiger partial charge is 0.383 e. The van der Waals surface area contributed by atoms with Crippen molar-refractivity contribution in [3.63, 3.8) is 0 Å². The first kappa shape index (κ1) is 27.2. The van der Waals surface area contributed by atoms with Gasteiger partial charge in [-0.1, -0.05) is 0 Å². The van der Waals surface area contributed by atoms with E-state index < -0.39 is 17.0 Å². The molecule has 2 aliphatic rings. The van der Waals surface area contributed by atoms with E-state index in [1.807, 2.05) is 0 Å². The monoisotopic (exact) mass is 513 g/mol. The number of halogens is 2. The van der Waals surface area contributed by atoms with E-state index in [0.29, 0.717) is 62.8 Å². The minimum Gasteiger partial charge on any atom is -0.383 e. The zero-order valence-corrected chi connectivity index (χ0v) is 21.7. The van der Waals surface area contributed by atoms with Crippen LogP contribution in [0.25, 0.3) is 11.1 Å². The fraction of sp³-hybridized carbons (Fsp3) is 0.571. The number of nitrogens with one attached hydrogen (secondary N) is 3. The molecule has 1 aliphatic heterocycles. The fourth-order valence-electron chi connectivity index (χ4n) is 5.24. The molecule has 2 heterocycles. The molecule has 2 aromatic rings. The average molecular weight is 514 g/mol. The van der Waals surface area contributed by atoms with Crippen LogP contribution in [-0.2, 0) is 9.47 Å².